The number of hydrogen-bond donors (Lipinski definition) is 0. The van der Waals surface area contributed by atoms with Gasteiger partial charge < -0.3 is 4.74 Å². The number of hydrogen-bond acceptors (Lipinski definition) is 3. The van der Waals surface area contributed by atoms with Crippen molar-refractivity contribution >= 4 is 33.7 Å². The highest BCUT2D eigenvalue weighted by atomic mass is 79.9. The third kappa shape index (κ3) is 3.88. The Balaban J connectivity index is 2.71. The molecule has 16 heavy (non-hydrogen) atoms. The second kappa shape index (κ2) is 5.29. The van der Waals surface area contributed by atoms with E-state index < -0.39 is 0 Å². The van der Waals surface area contributed by atoms with Crippen LogP contribution in [0.3, 0.4) is 0 Å². The Hall–Kier alpha value is -0.400. The molecule has 1 rings (SSSR count). The fourth-order valence-corrected chi connectivity index (χ4v) is 3.08. The maximum Gasteiger partial charge on any atom is 0.320 e. The largest absolute Gasteiger partial charge is 0.468 e. The lowest BCUT2D eigenvalue weighted by atomic mass is 9.98. The summed E-state index contributed by atoms with van der Waals surface area (Å²) in [5, 5.41) is -0.214. The number of allylic oxidation sites excluding steroid dienone is 2. The summed E-state index contributed by atoms with van der Waals surface area (Å²) in [6.07, 6.45) is 1.96. The summed E-state index contributed by atoms with van der Waals surface area (Å²) in [4.78, 5) is 12.4. The fourth-order valence-electron chi connectivity index (χ4n) is 1.09. The molecule has 1 heterocycles. The number of thioether (sulfide) groups is 1. The molecule has 2 atom stereocenters. The lowest BCUT2D eigenvalue weighted by molar-refractivity contribution is -0.139. The Morgan fingerprint density at radius 2 is 2.19 bits per heavy atom. The van der Waals surface area contributed by atoms with Gasteiger partial charge in [-0.15, -0.1) is 11.8 Å². The van der Waals surface area contributed by atoms with Crippen molar-refractivity contribution in [2.45, 2.75) is 30.8 Å². The van der Waals surface area contributed by atoms with Crippen LogP contribution in [0.4, 0.5) is 0 Å². The van der Waals surface area contributed by atoms with Crippen LogP contribution < -0.4 is 0 Å². The van der Waals surface area contributed by atoms with Crippen molar-refractivity contribution in [1.82, 2.24) is 0 Å². The van der Waals surface area contributed by atoms with Gasteiger partial charge >= 0.3 is 5.97 Å². The van der Waals surface area contributed by atoms with Crippen molar-refractivity contribution in [2.24, 2.45) is 5.41 Å². The molecule has 0 aliphatic carbocycles. The highest BCUT2D eigenvalue weighted by Crippen LogP contribution is 2.36. The fraction of sp³-hybridized carbons (Fsp3) is 0.583. The maximum absolute atomic E-state index is 11.4. The summed E-state index contributed by atoms with van der Waals surface area (Å²) in [7, 11) is 1.40. The van der Waals surface area contributed by atoms with Crippen LogP contribution in [0.15, 0.2) is 11.0 Å². The predicted molar refractivity (Wildman–Crippen MR) is 71.4 cm³/mol. The van der Waals surface area contributed by atoms with Crippen molar-refractivity contribution in [3.63, 3.8) is 0 Å². The smallest absolute Gasteiger partial charge is 0.320 e. The molecule has 0 saturated heterocycles. The number of alkyl halides is 1. The van der Waals surface area contributed by atoms with Crippen LogP contribution in [0.5, 0.6) is 0 Å². The zero-order valence-electron chi connectivity index (χ0n) is 9.83. The van der Waals surface area contributed by atoms with Crippen LogP contribution in [0.1, 0.15) is 20.8 Å². The number of carbonyl (C=O) groups excluding carboxylic acids is 1. The summed E-state index contributed by atoms with van der Waals surface area (Å²) in [5.74, 6) is 6.03. The highest BCUT2D eigenvalue weighted by molar-refractivity contribution is 9.09. The summed E-state index contributed by atoms with van der Waals surface area (Å²) < 4.78 is 4.73. The van der Waals surface area contributed by atoms with E-state index in [0.717, 1.165) is 4.91 Å². The number of methoxy groups -OCH3 is 1. The third-order valence-electron chi connectivity index (χ3n) is 1.85. The molecule has 2 nitrogen and oxygen atoms in total. The maximum atomic E-state index is 11.4. The molecule has 0 aromatic rings. The van der Waals surface area contributed by atoms with Gasteiger partial charge in [0.15, 0.2) is 0 Å². The van der Waals surface area contributed by atoms with E-state index >= 15 is 0 Å². The van der Waals surface area contributed by atoms with E-state index in [2.05, 4.69) is 48.5 Å². The molecule has 1 aliphatic heterocycles. The number of carbonyl (C=O) groups is 1. The SMILES string of the molecule is COC(=O)C1SC(C#CC(C)(C)C)=CC1Br. The van der Waals surface area contributed by atoms with Gasteiger partial charge in [0, 0.05) is 5.41 Å². The topological polar surface area (TPSA) is 26.3 Å². The Kier molecular flexibility index (Phi) is 4.52. The summed E-state index contributed by atoms with van der Waals surface area (Å²) in [6, 6.07) is 0. The first-order chi connectivity index (χ1) is 7.33. The van der Waals surface area contributed by atoms with Crippen molar-refractivity contribution in [3.8, 4) is 11.8 Å². The first-order valence-corrected chi connectivity index (χ1v) is 6.76. The molecular weight excluding hydrogens is 288 g/mol. The monoisotopic (exact) mass is 302 g/mol. The number of rotatable bonds is 1. The van der Waals surface area contributed by atoms with Gasteiger partial charge in [0.25, 0.3) is 0 Å². The lowest BCUT2D eigenvalue weighted by Gasteiger charge is -2.09. The predicted octanol–water partition coefficient (Wildman–Crippen LogP) is 2.97. The average Bonchev–Trinajstić information content (AvgIpc) is 2.55. The van der Waals surface area contributed by atoms with E-state index in [-0.39, 0.29) is 21.5 Å². The molecule has 0 bridgehead atoms. The standard InChI is InChI=1S/C12H15BrO2S/c1-12(2,3)6-5-8-7-9(13)10(16-8)11(14)15-4/h7,9-10H,1-4H3. The van der Waals surface area contributed by atoms with Crippen LogP contribution >= 0.6 is 27.7 Å². The van der Waals surface area contributed by atoms with Crippen molar-refractivity contribution in [2.75, 3.05) is 7.11 Å². The molecule has 0 aromatic heterocycles. The van der Waals surface area contributed by atoms with E-state index in [4.69, 9.17) is 4.74 Å². The quantitative estimate of drug-likeness (QED) is 0.423. The summed E-state index contributed by atoms with van der Waals surface area (Å²) in [5.41, 5.74) is -0.0213. The van der Waals surface area contributed by atoms with Crippen LogP contribution in [-0.2, 0) is 9.53 Å². The van der Waals surface area contributed by atoms with E-state index in [0.29, 0.717) is 0 Å². The molecule has 2 unspecified atom stereocenters. The minimum absolute atomic E-state index is 0.00854. The van der Waals surface area contributed by atoms with E-state index in [1.807, 2.05) is 6.08 Å². The molecule has 0 amide bonds. The van der Waals surface area contributed by atoms with Gasteiger partial charge in [0.2, 0.25) is 0 Å². The minimum Gasteiger partial charge on any atom is -0.468 e. The van der Waals surface area contributed by atoms with Crippen LogP contribution in [0, 0.1) is 17.3 Å². The van der Waals surface area contributed by atoms with Crippen molar-refractivity contribution < 1.29 is 9.53 Å². The first kappa shape index (κ1) is 13.7. The van der Waals surface area contributed by atoms with Gasteiger partial charge in [-0.1, -0.05) is 27.8 Å². The average molecular weight is 303 g/mol. The van der Waals surface area contributed by atoms with Gasteiger partial charge in [-0.3, -0.25) is 4.79 Å². The number of halogens is 1. The Morgan fingerprint density at radius 1 is 1.56 bits per heavy atom. The molecule has 0 N–H and O–H groups in total. The second-order valence-electron chi connectivity index (χ2n) is 4.54. The lowest BCUT2D eigenvalue weighted by Crippen LogP contribution is -2.23. The Labute approximate surface area is 109 Å². The van der Waals surface area contributed by atoms with Crippen LogP contribution in [0.2, 0.25) is 0 Å². The van der Waals surface area contributed by atoms with Gasteiger partial charge in [0.05, 0.1) is 16.8 Å². The second-order valence-corrected chi connectivity index (χ2v) is 6.78. The van der Waals surface area contributed by atoms with Crippen molar-refractivity contribution in [3.05, 3.63) is 11.0 Å². The zero-order chi connectivity index (χ0) is 12.3. The van der Waals surface area contributed by atoms with E-state index in [1.165, 1.54) is 18.9 Å². The van der Waals surface area contributed by atoms with E-state index in [1.54, 1.807) is 0 Å². The molecule has 0 fully saturated rings. The van der Waals surface area contributed by atoms with Gasteiger partial charge in [-0.25, -0.2) is 0 Å². The molecule has 0 spiro atoms. The minimum atomic E-state index is -0.214. The molecular formula is C12H15BrO2S. The highest BCUT2D eigenvalue weighted by Gasteiger charge is 2.32. The third-order valence-corrected chi connectivity index (χ3v) is 4.22. The molecule has 0 radical (unpaired) electrons. The summed E-state index contributed by atoms with van der Waals surface area (Å²) in [6.45, 7) is 6.18. The Morgan fingerprint density at radius 3 is 2.69 bits per heavy atom. The number of esters is 1. The van der Waals surface area contributed by atoms with Gasteiger partial charge in [0.1, 0.15) is 5.25 Å². The normalized spacial score (nSPS) is 24.4. The molecule has 1 aliphatic rings. The zero-order valence-corrected chi connectivity index (χ0v) is 12.2. The molecule has 4 heteroatoms. The van der Waals surface area contributed by atoms with Gasteiger partial charge in [-0.05, 0) is 26.8 Å². The molecule has 88 valence electrons. The van der Waals surface area contributed by atoms with Crippen LogP contribution in [-0.4, -0.2) is 23.2 Å². The van der Waals surface area contributed by atoms with Crippen molar-refractivity contribution in [1.29, 1.82) is 0 Å². The Bertz CT molecular complexity index is 371. The number of ether oxygens (including phenoxy) is 1. The van der Waals surface area contributed by atoms with E-state index in [9.17, 15) is 4.79 Å². The first-order valence-electron chi connectivity index (χ1n) is 4.97. The molecule has 0 aromatic carbocycles. The van der Waals surface area contributed by atoms with Crippen LogP contribution in [0.25, 0.3) is 0 Å². The summed E-state index contributed by atoms with van der Waals surface area (Å²) >= 11 is 4.90. The van der Waals surface area contributed by atoms with Gasteiger partial charge in [-0.2, -0.15) is 0 Å². The molecule has 0 saturated carbocycles.